The van der Waals surface area contributed by atoms with Gasteiger partial charge in [-0.15, -0.1) is 0 Å². The maximum Gasteiger partial charge on any atom is 0.322 e. The molecule has 154 valence electrons. The molecule has 1 aliphatic rings. The molecular weight excluding hydrogens is 400 g/mol. The van der Waals surface area contributed by atoms with E-state index in [2.05, 4.69) is 10.3 Å². The number of hydrogen-bond donors (Lipinski definition) is 2. The molecule has 2 N–H and O–H groups in total. The average molecular weight is 422 g/mol. The molecule has 0 radical (unpaired) electrons. The van der Waals surface area contributed by atoms with E-state index in [1.54, 1.807) is 24.1 Å². The van der Waals surface area contributed by atoms with E-state index in [4.69, 9.17) is 11.6 Å². The van der Waals surface area contributed by atoms with Crippen molar-refractivity contribution in [1.82, 2.24) is 9.88 Å². The van der Waals surface area contributed by atoms with Gasteiger partial charge in [0.05, 0.1) is 16.8 Å². The number of nitrogens with zero attached hydrogens (tertiary/aromatic N) is 2. The quantitative estimate of drug-likeness (QED) is 0.711. The van der Waals surface area contributed by atoms with Crippen LogP contribution < -0.4 is 5.32 Å². The molecule has 2 aromatic rings. The van der Waals surface area contributed by atoms with Gasteiger partial charge in [0.1, 0.15) is 0 Å². The topological polar surface area (TPSA) is 65.5 Å². The van der Waals surface area contributed by atoms with Crippen molar-refractivity contribution in [2.24, 2.45) is 0 Å². The Hall–Kier alpha value is -2.51. The molecule has 0 bridgehead atoms. The second-order valence-electron chi connectivity index (χ2n) is 7.10. The number of benzene rings is 1. The van der Waals surface area contributed by atoms with E-state index in [1.165, 1.54) is 24.3 Å². The summed E-state index contributed by atoms with van der Waals surface area (Å²) in [4.78, 5) is 18.4. The molecular formula is C21H22ClF2N3O2. The fourth-order valence-electron chi connectivity index (χ4n) is 3.03. The zero-order chi connectivity index (χ0) is 21.2. The average Bonchev–Trinajstić information content (AvgIpc) is 2.67. The number of aliphatic hydroxyl groups is 1. The van der Waals surface area contributed by atoms with Gasteiger partial charge in [-0.05, 0) is 37.1 Å². The van der Waals surface area contributed by atoms with Gasteiger partial charge in [0.2, 0.25) is 0 Å². The summed E-state index contributed by atoms with van der Waals surface area (Å²) in [5.41, 5.74) is 2.57. The minimum atomic E-state index is -2.92. The molecule has 8 heteroatoms. The lowest BCUT2D eigenvalue weighted by atomic mass is 10.0. The third-order valence-corrected chi connectivity index (χ3v) is 5.08. The number of rotatable bonds is 4. The van der Waals surface area contributed by atoms with Gasteiger partial charge in [-0.25, -0.2) is 13.6 Å². The van der Waals surface area contributed by atoms with Crippen LogP contribution in [0.2, 0.25) is 5.02 Å². The van der Waals surface area contributed by atoms with Gasteiger partial charge in [0.25, 0.3) is 5.92 Å². The van der Waals surface area contributed by atoms with E-state index in [0.29, 0.717) is 41.5 Å². The smallest absolute Gasteiger partial charge is 0.322 e. The molecule has 0 aliphatic carbocycles. The van der Waals surface area contributed by atoms with Gasteiger partial charge in [0, 0.05) is 43.0 Å². The number of nitrogens with one attached hydrogen (secondary N) is 1. The first-order chi connectivity index (χ1) is 13.6. The lowest BCUT2D eigenvalue weighted by molar-refractivity contribution is 0.0175. The van der Waals surface area contributed by atoms with Crippen LogP contribution >= 0.6 is 11.6 Å². The monoisotopic (exact) mass is 421 g/mol. The molecule has 0 saturated carbocycles. The maximum atomic E-state index is 13.3. The van der Waals surface area contributed by atoms with E-state index in [9.17, 15) is 18.7 Å². The molecule has 1 aliphatic heterocycles. The standard InChI is InChI=1S/C21H22ClF2N3O2/c1-13(28)15-11-18(22)19(25-12-15)14-7-9-27(10-8-14)20(29)26-17-5-3-16(4-6-17)21(2,23)24/h3-7,11-13,28H,8-10H2,1-2H3,(H,26,29). The Bertz CT molecular complexity index is 925. The van der Waals surface area contributed by atoms with E-state index >= 15 is 0 Å². The molecule has 0 spiro atoms. The number of carbonyl (C=O) groups is 1. The van der Waals surface area contributed by atoms with Crippen LogP contribution in [0.15, 0.2) is 42.6 Å². The van der Waals surface area contributed by atoms with Crippen molar-refractivity contribution in [3.63, 3.8) is 0 Å². The Labute approximate surface area is 173 Å². The van der Waals surface area contributed by atoms with Crippen molar-refractivity contribution >= 4 is 28.9 Å². The summed E-state index contributed by atoms with van der Waals surface area (Å²) < 4.78 is 26.6. The lowest BCUT2D eigenvalue weighted by Gasteiger charge is -2.27. The Balaban J connectivity index is 1.64. The predicted molar refractivity (Wildman–Crippen MR) is 109 cm³/mol. The summed E-state index contributed by atoms with van der Waals surface area (Å²) in [5.74, 6) is -2.92. The van der Waals surface area contributed by atoms with Crippen molar-refractivity contribution < 1.29 is 18.7 Å². The van der Waals surface area contributed by atoms with Crippen molar-refractivity contribution in [3.8, 4) is 0 Å². The van der Waals surface area contributed by atoms with E-state index < -0.39 is 12.0 Å². The highest BCUT2D eigenvalue weighted by Gasteiger charge is 2.24. The Morgan fingerprint density at radius 3 is 2.55 bits per heavy atom. The van der Waals surface area contributed by atoms with E-state index in [0.717, 1.165) is 12.5 Å². The maximum absolute atomic E-state index is 13.3. The van der Waals surface area contributed by atoms with Crippen molar-refractivity contribution in [2.75, 3.05) is 18.4 Å². The SMILES string of the molecule is CC(O)c1cnc(C2=CCN(C(=O)Nc3ccc(C(C)(F)F)cc3)CC2)c(Cl)c1. The number of anilines is 1. The minimum absolute atomic E-state index is 0.105. The van der Waals surface area contributed by atoms with Gasteiger partial charge in [-0.1, -0.05) is 29.8 Å². The van der Waals surface area contributed by atoms with Crippen LogP contribution in [0.25, 0.3) is 5.57 Å². The van der Waals surface area contributed by atoms with Gasteiger partial charge < -0.3 is 15.3 Å². The van der Waals surface area contributed by atoms with Crippen LogP contribution in [0, 0.1) is 0 Å². The fourth-order valence-corrected chi connectivity index (χ4v) is 3.33. The number of hydrogen-bond acceptors (Lipinski definition) is 3. The molecule has 1 aromatic carbocycles. The van der Waals surface area contributed by atoms with Crippen LogP contribution in [0.5, 0.6) is 0 Å². The first kappa shape index (κ1) is 21.2. The van der Waals surface area contributed by atoms with Gasteiger partial charge in [-0.2, -0.15) is 0 Å². The Morgan fingerprint density at radius 1 is 1.34 bits per heavy atom. The van der Waals surface area contributed by atoms with Gasteiger partial charge in [-0.3, -0.25) is 4.98 Å². The predicted octanol–water partition coefficient (Wildman–Crippen LogP) is 5.22. The third-order valence-electron chi connectivity index (χ3n) is 4.79. The molecule has 0 fully saturated rings. The van der Waals surface area contributed by atoms with Crippen molar-refractivity contribution in [2.45, 2.75) is 32.3 Å². The molecule has 2 amide bonds. The van der Waals surface area contributed by atoms with Crippen LogP contribution in [-0.4, -0.2) is 34.1 Å². The van der Waals surface area contributed by atoms with Gasteiger partial charge >= 0.3 is 6.03 Å². The number of carbonyl (C=O) groups excluding carboxylic acids is 1. The number of aromatic nitrogens is 1. The Kier molecular flexibility index (Phi) is 6.19. The fraction of sp³-hybridized carbons (Fsp3) is 0.333. The van der Waals surface area contributed by atoms with Crippen molar-refractivity contribution in [3.05, 3.63) is 64.4 Å². The lowest BCUT2D eigenvalue weighted by Crippen LogP contribution is -2.38. The molecule has 1 aromatic heterocycles. The Morgan fingerprint density at radius 2 is 2.03 bits per heavy atom. The third kappa shape index (κ3) is 5.10. The zero-order valence-electron chi connectivity index (χ0n) is 16.1. The number of urea groups is 1. The highest BCUT2D eigenvalue weighted by atomic mass is 35.5. The second-order valence-corrected chi connectivity index (χ2v) is 7.50. The van der Waals surface area contributed by atoms with Crippen LogP contribution in [0.1, 0.15) is 43.2 Å². The zero-order valence-corrected chi connectivity index (χ0v) is 16.9. The number of pyridine rings is 1. The van der Waals surface area contributed by atoms with Crippen LogP contribution in [0.3, 0.4) is 0 Å². The summed E-state index contributed by atoms with van der Waals surface area (Å²) in [6, 6.07) is 6.91. The summed E-state index contributed by atoms with van der Waals surface area (Å²) >= 11 is 6.30. The minimum Gasteiger partial charge on any atom is -0.389 e. The molecule has 3 rings (SSSR count). The first-order valence-corrected chi connectivity index (χ1v) is 9.60. The largest absolute Gasteiger partial charge is 0.389 e. The van der Waals surface area contributed by atoms with E-state index in [1.807, 2.05) is 6.08 Å². The summed E-state index contributed by atoms with van der Waals surface area (Å²) in [7, 11) is 0. The number of aliphatic hydroxyl groups excluding tert-OH is 1. The number of amides is 2. The van der Waals surface area contributed by atoms with E-state index in [-0.39, 0.29) is 11.6 Å². The van der Waals surface area contributed by atoms with Gasteiger partial charge in [0.15, 0.2) is 0 Å². The molecule has 2 heterocycles. The van der Waals surface area contributed by atoms with Crippen molar-refractivity contribution in [1.29, 1.82) is 0 Å². The number of halogens is 3. The molecule has 5 nitrogen and oxygen atoms in total. The van der Waals surface area contributed by atoms with Crippen LogP contribution in [-0.2, 0) is 5.92 Å². The first-order valence-electron chi connectivity index (χ1n) is 9.22. The summed E-state index contributed by atoms with van der Waals surface area (Å²) in [6.07, 6.45) is 3.41. The summed E-state index contributed by atoms with van der Waals surface area (Å²) in [5, 5.41) is 12.8. The molecule has 1 unspecified atom stereocenters. The summed E-state index contributed by atoms with van der Waals surface area (Å²) in [6.45, 7) is 3.32. The molecule has 29 heavy (non-hydrogen) atoms. The molecule has 0 saturated heterocycles. The highest BCUT2D eigenvalue weighted by Crippen LogP contribution is 2.30. The number of alkyl halides is 2. The molecule has 1 atom stereocenters. The van der Waals surface area contributed by atoms with Crippen LogP contribution in [0.4, 0.5) is 19.3 Å². The highest BCUT2D eigenvalue weighted by molar-refractivity contribution is 6.32. The normalized spacial score (nSPS) is 15.7. The second kappa shape index (κ2) is 8.47.